The van der Waals surface area contributed by atoms with Crippen LogP contribution in [0.1, 0.15) is 50.7 Å². The van der Waals surface area contributed by atoms with Crippen molar-refractivity contribution in [2.75, 3.05) is 5.32 Å². The SMILES string of the molecule is CC(C)(C)CC1NC(C(=O)NC2CC(O)C2O)C(c2cccc(Cl)c2F)C12C(=O)Nc1cc(Cl)ccc12. The number of benzene rings is 2. The molecule has 5 rings (SSSR count). The summed E-state index contributed by atoms with van der Waals surface area (Å²) in [6.07, 6.45) is -1.31. The number of halogens is 3. The largest absolute Gasteiger partial charge is 0.390 e. The first-order valence-corrected chi connectivity index (χ1v) is 13.1. The zero-order valence-electron chi connectivity index (χ0n) is 20.7. The summed E-state index contributed by atoms with van der Waals surface area (Å²) in [7, 11) is 0. The van der Waals surface area contributed by atoms with Gasteiger partial charge in [0.1, 0.15) is 17.3 Å². The highest BCUT2D eigenvalue weighted by molar-refractivity contribution is 6.31. The predicted molar refractivity (Wildman–Crippen MR) is 139 cm³/mol. The quantitative estimate of drug-likeness (QED) is 0.401. The van der Waals surface area contributed by atoms with E-state index in [1.807, 2.05) is 20.8 Å². The zero-order valence-corrected chi connectivity index (χ0v) is 22.2. The molecule has 1 spiro atoms. The van der Waals surface area contributed by atoms with Gasteiger partial charge in [-0.25, -0.2) is 4.39 Å². The molecule has 1 aliphatic carbocycles. The molecule has 2 aliphatic heterocycles. The third-order valence-electron chi connectivity index (χ3n) is 7.85. The van der Waals surface area contributed by atoms with Crippen molar-refractivity contribution in [3.8, 4) is 0 Å². The lowest BCUT2D eigenvalue weighted by Crippen LogP contribution is -2.61. The van der Waals surface area contributed by atoms with Crippen LogP contribution in [0.5, 0.6) is 0 Å². The second-order valence-electron chi connectivity index (χ2n) is 11.5. The minimum Gasteiger partial charge on any atom is -0.390 e. The molecular formula is C27H30Cl2FN3O4. The number of hydrogen-bond acceptors (Lipinski definition) is 5. The summed E-state index contributed by atoms with van der Waals surface area (Å²) >= 11 is 12.4. The van der Waals surface area contributed by atoms with Gasteiger partial charge >= 0.3 is 0 Å². The molecule has 7 unspecified atom stereocenters. The molecule has 7 nitrogen and oxygen atoms in total. The molecule has 0 radical (unpaired) electrons. The van der Waals surface area contributed by atoms with Crippen molar-refractivity contribution in [3.05, 3.63) is 63.4 Å². The Morgan fingerprint density at radius 3 is 2.59 bits per heavy atom. The van der Waals surface area contributed by atoms with Crippen LogP contribution >= 0.6 is 23.2 Å². The van der Waals surface area contributed by atoms with Gasteiger partial charge in [-0.2, -0.15) is 0 Å². The van der Waals surface area contributed by atoms with E-state index in [0.717, 1.165) is 0 Å². The Morgan fingerprint density at radius 2 is 1.95 bits per heavy atom. The number of carbonyl (C=O) groups excluding carboxylic acids is 2. The maximum Gasteiger partial charge on any atom is 0.238 e. The van der Waals surface area contributed by atoms with Crippen molar-refractivity contribution < 1.29 is 24.2 Å². The van der Waals surface area contributed by atoms with Crippen LogP contribution in [0.4, 0.5) is 10.1 Å². The van der Waals surface area contributed by atoms with Crippen molar-refractivity contribution in [1.29, 1.82) is 0 Å². The molecule has 2 aromatic carbocycles. The summed E-state index contributed by atoms with van der Waals surface area (Å²) < 4.78 is 15.7. The average Bonchev–Trinajstić information content (AvgIpc) is 3.29. The summed E-state index contributed by atoms with van der Waals surface area (Å²) in [6.45, 7) is 6.10. The zero-order chi connectivity index (χ0) is 26.9. The first-order chi connectivity index (χ1) is 17.3. The first-order valence-electron chi connectivity index (χ1n) is 12.3. The molecular weight excluding hydrogens is 520 g/mol. The van der Waals surface area contributed by atoms with E-state index in [2.05, 4.69) is 16.0 Å². The Morgan fingerprint density at radius 1 is 1.22 bits per heavy atom. The first kappa shape index (κ1) is 26.4. The molecule has 198 valence electrons. The highest BCUT2D eigenvalue weighted by Gasteiger charge is 2.66. The van der Waals surface area contributed by atoms with Crippen LogP contribution in [0.2, 0.25) is 10.0 Å². The average molecular weight is 550 g/mol. The number of amides is 2. The van der Waals surface area contributed by atoms with E-state index in [1.54, 1.807) is 30.3 Å². The van der Waals surface area contributed by atoms with E-state index in [-0.39, 0.29) is 28.3 Å². The van der Waals surface area contributed by atoms with E-state index in [0.29, 0.717) is 22.7 Å². The lowest BCUT2D eigenvalue weighted by atomic mass is 9.62. The van der Waals surface area contributed by atoms with Crippen molar-refractivity contribution in [2.45, 2.75) is 75.3 Å². The summed E-state index contributed by atoms with van der Waals surface area (Å²) in [6, 6.07) is 7.45. The Balaban J connectivity index is 1.70. The minimum atomic E-state index is -1.35. The summed E-state index contributed by atoms with van der Waals surface area (Å²) in [5.74, 6) is -2.52. The standard InChI is InChI=1S/C27H30Cl2FN3O4/c1-26(2,3)11-19-27(14-8-7-12(28)9-16(14)32-25(27)37)20(13-5-4-6-15(29)21(13)30)22(33-19)24(36)31-17-10-18(34)23(17)35/h4-9,17-20,22-23,33-35H,10-11H2,1-3H3,(H,31,36)(H,32,37). The molecule has 2 aromatic rings. The van der Waals surface area contributed by atoms with E-state index in [1.165, 1.54) is 6.07 Å². The maximum absolute atomic E-state index is 15.7. The summed E-state index contributed by atoms with van der Waals surface area (Å²) in [5.41, 5.74) is -0.314. The predicted octanol–water partition coefficient (Wildman–Crippen LogP) is 3.49. The van der Waals surface area contributed by atoms with Gasteiger partial charge in [0.25, 0.3) is 0 Å². The number of nitrogens with one attached hydrogen (secondary N) is 3. The number of hydrogen-bond donors (Lipinski definition) is 5. The molecule has 3 aliphatic rings. The molecule has 5 N–H and O–H groups in total. The number of anilines is 1. The lowest BCUT2D eigenvalue weighted by molar-refractivity contribution is -0.131. The van der Waals surface area contributed by atoms with Gasteiger partial charge in [-0.3, -0.25) is 9.59 Å². The number of aliphatic hydroxyl groups is 2. The maximum atomic E-state index is 15.7. The van der Waals surface area contributed by atoms with Crippen molar-refractivity contribution in [2.24, 2.45) is 5.41 Å². The van der Waals surface area contributed by atoms with Gasteiger partial charge in [0.05, 0.1) is 23.2 Å². The van der Waals surface area contributed by atoms with Crippen LogP contribution in [-0.2, 0) is 15.0 Å². The number of fused-ring (bicyclic) bond motifs is 2. The van der Waals surface area contributed by atoms with E-state index < -0.39 is 53.4 Å². The third kappa shape index (κ3) is 4.23. The normalized spacial score (nSPS) is 32.7. The van der Waals surface area contributed by atoms with Gasteiger partial charge in [0, 0.05) is 22.7 Å². The molecule has 0 bridgehead atoms. The Bertz CT molecular complexity index is 1270. The second kappa shape index (κ2) is 9.20. The van der Waals surface area contributed by atoms with Crippen LogP contribution in [0.25, 0.3) is 0 Å². The van der Waals surface area contributed by atoms with Gasteiger partial charge < -0.3 is 26.2 Å². The molecule has 2 amide bonds. The molecule has 2 heterocycles. The van der Waals surface area contributed by atoms with Gasteiger partial charge in [-0.1, -0.05) is 62.2 Å². The summed E-state index contributed by atoms with van der Waals surface area (Å²) in [5, 5.41) is 29.2. The van der Waals surface area contributed by atoms with Crippen LogP contribution in [0.15, 0.2) is 36.4 Å². The fourth-order valence-electron chi connectivity index (χ4n) is 6.18. The fraction of sp³-hybridized carbons (Fsp3) is 0.481. The Hall–Kier alpha value is -2.23. The van der Waals surface area contributed by atoms with Crippen LogP contribution in [0.3, 0.4) is 0 Å². The minimum absolute atomic E-state index is 0.113. The highest BCUT2D eigenvalue weighted by atomic mass is 35.5. The molecule has 1 saturated carbocycles. The van der Waals surface area contributed by atoms with Gasteiger partial charge in [-0.15, -0.1) is 0 Å². The Kier molecular flexibility index (Phi) is 6.56. The van der Waals surface area contributed by atoms with E-state index in [4.69, 9.17) is 23.2 Å². The Labute approximate surface area is 224 Å². The fourth-order valence-corrected chi connectivity index (χ4v) is 6.53. The molecule has 7 atom stereocenters. The number of carbonyl (C=O) groups is 2. The van der Waals surface area contributed by atoms with Crippen LogP contribution < -0.4 is 16.0 Å². The van der Waals surface area contributed by atoms with Gasteiger partial charge in [0.2, 0.25) is 11.8 Å². The van der Waals surface area contributed by atoms with Crippen molar-refractivity contribution in [3.63, 3.8) is 0 Å². The second-order valence-corrected chi connectivity index (χ2v) is 12.3. The molecule has 37 heavy (non-hydrogen) atoms. The van der Waals surface area contributed by atoms with Crippen molar-refractivity contribution >= 4 is 40.7 Å². The monoisotopic (exact) mass is 549 g/mol. The van der Waals surface area contributed by atoms with Crippen LogP contribution in [0, 0.1) is 11.2 Å². The van der Waals surface area contributed by atoms with Crippen LogP contribution in [-0.4, -0.2) is 52.4 Å². The molecule has 0 aromatic heterocycles. The van der Waals surface area contributed by atoms with Crippen molar-refractivity contribution in [1.82, 2.24) is 10.6 Å². The molecule has 1 saturated heterocycles. The number of aliphatic hydroxyl groups excluding tert-OH is 2. The third-order valence-corrected chi connectivity index (χ3v) is 8.38. The van der Waals surface area contributed by atoms with Gasteiger partial charge in [0.15, 0.2) is 0 Å². The summed E-state index contributed by atoms with van der Waals surface area (Å²) in [4.78, 5) is 27.8. The molecule has 10 heteroatoms. The van der Waals surface area contributed by atoms with Gasteiger partial charge in [-0.05, 0) is 47.6 Å². The lowest BCUT2D eigenvalue weighted by Gasteiger charge is -2.39. The smallest absolute Gasteiger partial charge is 0.238 e. The molecule has 2 fully saturated rings. The highest BCUT2D eigenvalue weighted by Crippen LogP contribution is 2.57. The number of rotatable bonds is 4. The topological polar surface area (TPSA) is 111 Å². The van der Waals surface area contributed by atoms with E-state index in [9.17, 15) is 19.8 Å². The van der Waals surface area contributed by atoms with E-state index >= 15 is 4.39 Å².